The van der Waals surface area contributed by atoms with E-state index in [9.17, 15) is 23.3 Å². The van der Waals surface area contributed by atoms with Crippen molar-refractivity contribution in [2.24, 2.45) is 5.14 Å². The lowest BCUT2D eigenvalue weighted by molar-refractivity contribution is -0.384. The van der Waals surface area contributed by atoms with E-state index in [-0.39, 0.29) is 43.4 Å². The smallest absolute Gasteiger partial charge is 0.305 e. The van der Waals surface area contributed by atoms with Crippen molar-refractivity contribution in [1.29, 1.82) is 0 Å². The third-order valence-corrected chi connectivity index (χ3v) is 4.17. The molecule has 0 amide bonds. The van der Waals surface area contributed by atoms with Crippen LogP contribution in [0, 0.1) is 10.1 Å². The van der Waals surface area contributed by atoms with Crippen molar-refractivity contribution >= 4 is 27.4 Å². The maximum absolute atomic E-state index is 11.3. The molecular weight excluding hydrogens is 398 g/mol. The minimum atomic E-state index is -4.03. The molecule has 0 saturated carbocycles. The fourth-order valence-corrected chi connectivity index (χ4v) is 2.48. The summed E-state index contributed by atoms with van der Waals surface area (Å²) < 4.78 is 38.1. The van der Waals surface area contributed by atoms with Gasteiger partial charge in [0.1, 0.15) is 5.69 Å². The molecule has 13 heteroatoms. The molecule has 0 aromatic heterocycles. The summed E-state index contributed by atoms with van der Waals surface area (Å²) in [5.41, 5.74) is -0.256. The summed E-state index contributed by atoms with van der Waals surface area (Å²) in [7, 11) is -4.03. The Morgan fingerprint density at radius 2 is 1.68 bits per heavy atom. The fourth-order valence-electron chi connectivity index (χ4n) is 1.95. The number of hydrogen-bond donors (Lipinski definition) is 3. The van der Waals surface area contributed by atoms with Gasteiger partial charge in [0, 0.05) is 12.6 Å². The predicted octanol–water partition coefficient (Wildman–Crippen LogP) is 0.179. The highest BCUT2D eigenvalue weighted by atomic mass is 32.2. The second-order valence-corrected chi connectivity index (χ2v) is 6.95. The van der Waals surface area contributed by atoms with E-state index in [1.54, 1.807) is 0 Å². The van der Waals surface area contributed by atoms with Gasteiger partial charge in [-0.2, -0.15) is 0 Å². The summed E-state index contributed by atoms with van der Waals surface area (Å²) in [6, 6.07) is 3.34. The lowest BCUT2D eigenvalue weighted by atomic mass is 10.2. The molecule has 0 aliphatic carbocycles. The Morgan fingerprint density at radius 3 is 2.21 bits per heavy atom. The van der Waals surface area contributed by atoms with Crippen LogP contribution in [0.25, 0.3) is 0 Å². The van der Waals surface area contributed by atoms with Crippen molar-refractivity contribution in [3.8, 4) is 0 Å². The second kappa shape index (κ2) is 12.2. The number of primary sulfonamides is 1. The topological polar surface area (TPSA) is 180 Å². The van der Waals surface area contributed by atoms with Crippen molar-refractivity contribution in [3.63, 3.8) is 0 Å². The Labute approximate surface area is 161 Å². The Hall–Kier alpha value is -2.32. The van der Waals surface area contributed by atoms with Crippen LogP contribution in [0.5, 0.6) is 0 Å². The minimum Gasteiger partial charge on any atom is -0.481 e. The molecule has 158 valence electrons. The summed E-state index contributed by atoms with van der Waals surface area (Å²) in [6.07, 6.45) is -0.0565. The number of benzene rings is 1. The molecule has 4 N–H and O–H groups in total. The van der Waals surface area contributed by atoms with Crippen molar-refractivity contribution < 1.29 is 37.5 Å². The van der Waals surface area contributed by atoms with E-state index in [1.807, 2.05) is 0 Å². The molecule has 0 fully saturated rings. The van der Waals surface area contributed by atoms with E-state index >= 15 is 0 Å². The Morgan fingerprint density at radius 1 is 1.11 bits per heavy atom. The van der Waals surface area contributed by atoms with Gasteiger partial charge in [-0.25, -0.2) is 13.6 Å². The molecule has 0 radical (unpaired) electrons. The van der Waals surface area contributed by atoms with Crippen LogP contribution in [0.4, 0.5) is 11.4 Å². The first-order valence-electron chi connectivity index (χ1n) is 8.22. The highest BCUT2D eigenvalue weighted by molar-refractivity contribution is 7.89. The average Bonchev–Trinajstić information content (AvgIpc) is 2.61. The molecule has 0 bridgehead atoms. The van der Waals surface area contributed by atoms with Crippen molar-refractivity contribution in [2.45, 2.75) is 11.3 Å². The van der Waals surface area contributed by atoms with Crippen LogP contribution in [0.3, 0.4) is 0 Å². The molecule has 0 saturated heterocycles. The molecule has 1 aromatic rings. The summed E-state index contributed by atoms with van der Waals surface area (Å²) in [6.45, 7) is 1.83. The molecule has 0 aliphatic rings. The van der Waals surface area contributed by atoms with Crippen molar-refractivity contribution in [2.75, 3.05) is 51.5 Å². The van der Waals surface area contributed by atoms with E-state index < -0.39 is 26.6 Å². The Balaban J connectivity index is 2.21. The Kier molecular flexibility index (Phi) is 10.3. The van der Waals surface area contributed by atoms with Crippen LogP contribution >= 0.6 is 0 Å². The van der Waals surface area contributed by atoms with Gasteiger partial charge in [0.25, 0.3) is 5.69 Å². The minimum absolute atomic E-state index is 0.0565. The quantitative estimate of drug-likeness (QED) is 0.201. The van der Waals surface area contributed by atoms with Gasteiger partial charge in [-0.1, -0.05) is 0 Å². The normalized spacial score (nSPS) is 11.3. The standard InChI is InChI=1S/C15H23N3O9S/c16-28(23,24)12-1-2-13(14(11-12)18(21)22)17-4-6-26-8-10-27-9-7-25-5-3-15(19)20/h1-2,11,17H,3-10H2,(H,19,20)(H2,16,23,24). The molecule has 1 aromatic carbocycles. The zero-order valence-corrected chi connectivity index (χ0v) is 15.9. The van der Waals surface area contributed by atoms with E-state index in [1.165, 1.54) is 12.1 Å². The fraction of sp³-hybridized carbons (Fsp3) is 0.533. The van der Waals surface area contributed by atoms with Crippen LogP contribution in [-0.4, -0.2) is 70.6 Å². The van der Waals surface area contributed by atoms with Gasteiger partial charge in [-0.05, 0) is 12.1 Å². The van der Waals surface area contributed by atoms with Gasteiger partial charge in [0.05, 0.1) is 55.9 Å². The third kappa shape index (κ3) is 9.57. The average molecular weight is 421 g/mol. The van der Waals surface area contributed by atoms with Crippen LogP contribution in [0.1, 0.15) is 6.42 Å². The van der Waals surface area contributed by atoms with Gasteiger partial charge in [0.2, 0.25) is 10.0 Å². The van der Waals surface area contributed by atoms with Crippen molar-refractivity contribution in [1.82, 2.24) is 0 Å². The number of rotatable bonds is 15. The molecule has 28 heavy (non-hydrogen) atoms. The first-order valence-corrected chi connectivity index (χ1v) is 9.76. The highest BCUT2D eigenvalue weighted by Gasteiger charge is 2.18. The second-order valence-electron chi connectivity index (χ2n) is 5.39. The lowest BCUT2D eigenvalue weighted by Gasteiger charge is -2.09. The highest BCUT2D eigenvalue weighted by Crippen LogP contribution is 2.26. The van der Waals surface area contributed by atoms with Gasteiger partial charge < -0.3 is 24.6 Å². The van der Waals surface area contributed by atoms with E-state index in [4.69, 9.17) is 24.5 Å². The molecule has 1 rings (SSSR count). The number of hydrogen-bond acceptors (Lipinski definition) is 9. The summed E-state index contributed by atoms with van der Waals surface area (Å²) in [5.74, 6) is -0.923. The number of nitro groups is 1. The van der Waals surface area contributed by atoms with Crippen LogP contribution in [0.2, 0.25) is 0 Å². The number of nitrogens with one attached hydrogen (secondary N) is 1. The number of carboxylic acids is 1. The van der Waals surface area contributed by atoms with E-state index in [0.717, 1.165) is 6.07 Å². The maximum atomic E-state index is 11.3. The number of aliphatic carboxylic acids is 1. The molecule has 0 spiro atoms. The van der Waals surface area contributed by atoms with Crippen molar-refractivity contribution in [3.05, 3.63) is 28.3 Å². The van der Waals surface area contributed by atoms with Crippen LogP contribution in [-0.2, 0) is 29.0 Å². The molecule has 0 aliphatic heterocycles. The first kappa shape index (κ1) is 23.7. The monoisotopic (exact) mass is 421 g/mol. The number of carboxylic acid groups (broad SMARTS) is 1. The SMILES string of the molecule is NS(=O)(=O)c1ccc(NCCOCCOCCOCCC(=O)O)c([N+](=O)[O-])c1. The summed E-state index contributed by atoms with van der Waals surface area (Å²) in [4.78, 5) is 20.3. The summed E-state index contributed by atoms with van der Waals surface area (Å²) >= 11 is 0. The molecule has 12 nitrogen and oxygen atoms in total. The molecule has 0 atom stereocenters. The van der Waals surface area contributed by atoms with Crippen LogP contribution < -0.4 is 10.5 Å². The third-order valence-electron chi connectivity index (χ3n) is 3.26. The molecule has 0 heterocycles. The number of sulfonamides is 1. The zero-order valence-electron chi connectivity index (χ0n) is 15.0. The largest absolute Gasteiger partial charge is 0.481 e. The number of anilines is 1. The predicted molar refractivity (Wildman–Crippen MR) is 97.7 cm³/mol. The van der Waals surface area contributed by atoms with Gasteiger partial charge in [-0.3, -0.25) is 14.9 Å². The Bertz CT molecular complexity index is 755. The zero-order chi connectivity index (χ0) is 21.0. The first-order chi connectivity index (χ1) is 13.2. The number of carbonyl (C=O) groups is 1. The molecule has 0 unspecified atom stereocenters. The van der Waals surface area contributed by atoms with E-state index in [0.29, 0.717) is 19.8 Å². The number of ether oxygens (including phenoxy) is 3. The van der Waals surface area contributed by atoms with Gasteiger partial charge in [0.15, 0.2) is 0 Å². The van der Waals surface area contributed by atoms with E-state index in [2.05, 4.69) is 5.32 Å². The number of nitrogens with two attached hydrogens (primary N) is 1. The van der Waals surface area contributed by atoms with Crippen LogP contribution in [0.15, 0.2) is 23.1 Å². The number of nitrogens with zero attached hydrogens (tertiary/aromatic N) is 1. The summed E-state index contributed by atoms with van der Waals surface area (Å²) in [5, 5.41) is 27.3. The molecular formula is C15H23N3O9S. The van der Waals surface area contributed by atoms with Gasteiger partial charge >= 0.3 is 5.97 Å². The lowest BCUT2D eigenvalue weighted by Crippen LogP contribution is -2.15. The van der Waals surface area contributed by atoms with Gasteiger partial charge in [-0.15, -0.1) is 0 Å². The maximum Gasteiger partial charge on any atom is 0.305 e. The number of nitro benzene ring substituents is 1.